The number of nitro groups is 1. The summed E-state index contributed by atoms with van der Waals surface area (Å²) >= 11 is 0. The third-order valence-electron chi connectivity index (χ3n) is 3.17. The van der Waals surface area contributed by atoms with E-state index in [0.29, 0.717) is 18.3 Å². The van der Waals surface area contributed by atoms with Crippen molar-refractivity contribution in [2.24, 2.45) is 5.92 Å². The normalized spacial score (nSPS) is 18.6. The maximum atomic E-state index is 10.8. The molecular weight excluding hydrogens is 246 g/mol. The summed E-state index contributed by atoms with van der Waals surface area (Å²) in [6, 6.07) is 6.14. The van der Waals surface area contributed by atoms with Crippen molar-refractivity contribution in [2.45, 2.75) is 12.8 Å². The first-order valence-electron chi connectivity index (χ1n) is 6.23. The highest BCUT2D eigenvalue weighted by Gasteiger charge is 2.17. The zero-order chi connectivity index (χ0) is 13.7. The van der Waals surface area contributed by atoms with Gasteiger partial charge in [-0.2, -0.15) is 5.26 Å². The van der Waals surface area contributed by atoms with E-state index >= 15 is 0 Å². The highest BCUT2D eigenvalue weighted by Crippen LogP contribution is 2.24. The van der Waals surface area contributed by atoms with Crippen LogP contribution in [0.5, 0.6) is 5.75 Å². The van der Waals surface area contributed by atoms with Gasteiger partial charge in [0.25, 0.3) is 5.69 Å². The summed E-state index contributed by atoms with van der Waals surface area (Å²) in [6.07, 6.45) is 2.23. The van der Waals surface area contributed by atoms with Gasteiger partial charge in [-0.25, -0.2) is 0 Å². The molecule has 1 N–H and O–H groups in total. The average molecular weight is 261 g/mol. The van der Waals surface area contributed by atoms with Crippen LogP contribution < -0.4 is 10.1 Å². The van der Waals surface area contributed by atoms with Crippen LogP contribution in [0.1, 0.15) is 18.4 Å². The van der Waals surface area contributed by atoms with Crippen LogP contribution in [0, 0.1) is 27.4 Å². The monoisotopic (exact) mass is 261 g/mol. The smallest absolute Gasteiger partial charge is 0.290 e. The van der Waals surface area contributed by atoms with Crippen LogP contribution >= 0.6 is 0 Å². The Kier molecular flexibility index (Phi) is 4.31. The summed E-state index contributed by atoms with van der Waals surface area (Å²) in [5.41, 5.74) is -0.154. The number of ether oxygens (including phenoxy) is 1. The fourth-order valence-electron chi connectivity index (χ4n) is 2.13. The van der Waals surface area contributed by atoms with Crippen LogP contribution in [0.3, 0.4) is 0 Å². The van der Waals surface area contributed by atoms with Crippen LogP contribution in [0.4, 0.5) is 5.69 Å². The number of hydrogen-bond acceptors (Lipinski definition) is 5. The lowest BCUT2D eigenvalue weighted by Crippen LogP contribution is -2.33. The molecule has 0 bridgehead atoms. The van der Waals surface area contributed by atoms with Gasteiger partial charge in [0.15, 0.2) is 0 Å². The lowest BCUT2D eigenvalue weighted by molar-refractivity contribution is -0.385. The molecule has 1 aliphatic rings. The van der Waals surface area contributed by atoms with Gasteiger partial charge in [-0.05, 0) is 31.5 Å². The second kappa shape index (κ2) is 6.16. The highest BCUT2D eigenvalue weighted by atomic mass is 16.6. The SMILES string of the molecule is N#Cc1ccc(OCC2CCCNC2)cc1[N+](=O)[O-]. The Morgan fingerprint density at radius 2 is 2.42 bits per heavy atom. The van der Waals surface area contributed by atoms with E-state index in [1.165, 1.54) is 12.1 Å². The van der Waals surface area contributed by atoms with Crippen molar-refractivity contribution in [2.75, 3.05) is 19.7 Å². The molecule has 1 aliphatic heterocycles. The molecule has 100 valence electrons. The first kappa shape index (κ1) is 13.3. The largest absolute Gasteiger partial charge is 0.493 e. The van der Waals surface area contributed by atoms with Crippen molar-refractivity contribution >= 4 is 5.69 Å². The van der Waals surface area contributed by atoms with Crippen molar-refractivity contribution in [3.63, 3.8) is 0 Å². The molecule has 0 aliphatic carbocycles. The summed E-state index contributed by atoms with van der Waals surface area (Å²) in [7, 11) is 0. The first-order valence-corrected chi connectivity index (χ1v) is 6.23. The maximum Gasteiger partial charge on any atom is 0.290 e. The molecule has 0 amide bonds. The Hall–Kier alpha value is -2.13. The van der Waals surface area contributed by atoms with E-state index in [1.807, 2.05) is 0 Å². The van der Waals surface area contributed by atoms with Crippen molar-refractivity contribution < 1.29 is 9.66 Å². The molecular formula is C13H15N3O3. The Bertz CT molecular complexity index is 504. The quantitative estimate of drug-likeness (QED) is 0.660. The second-order valence-corrected chi connectivity index (χ2v) is 4.57. The Morgan fingerprint density at radius 1 is 1.58 bits per heavy atom. The molecule has 0 aromatic heterocycles. The van der Waals surface area contributed by atoms with Gasteiger partial charge < -0.3 is 10.1 Å². The van der Waals surface area contributed by atoms with Crippen LogP contribution in [0.2, 0.25) is 0 Å². The molecule has 1 aromatic rings. The number of nitriles is 1. The molecule has 1 heterocycles. The summed E-state index contributed by atoms with van der Waals surface area (Å²) < 4.78 is 5.58. The molecule has 1 atom stereocenters. The van der Waals surface area contributed by atoms with Crippen LogP contribution in [-0.2, 0) is 0 Å². The molecule has 6 nitrogen and oxygen atoms in total. The predicted octanol–water partition coefficient (Wildman–Crippen LogP) is 1.84. The van der Waals surface area contributed by atoms with Crippen molar-refractivity contribution in [1.29, 1.82) is 5.26 Å². The molecule has 1 fully saturated rings. The van der Waals surface area contributed by atoms with Gasteiger partial charge in [0.1, 0.15) is 17.4 Å². The van der Waals surface area contributed by atoms with Crippen LogP contribution in [-0.4, -0.2) is 24.6 Å². The summed E-state index contributed by atoms with van der Waals surface area (Å²) in [5.74, 6) is 0.875. The summed E-state index contributed by atoms with van der Waals surface area (Å²) in [6.45, 7) is 2.49. The predicted molar refractivity (Wildman–Crippen MR) is 68.9 cm³/mol. The molecule has 0 spiro atoms. The van der Waals surface area contributed by atoms with E-state index in [9.17, 15) is 10.1 Å². The maximum absolute atomic E-state index is 10.8. The zero-order valence-corrected chi connectivity index (χ0v) is 10.5. The minimum Gasteiger partial charge on any atom is -0.493 e. The first-order chi connectivity index (χ1) is 9.20. The van der Waals surface area contributed by atoms with Crippen molar-refractivity contribution in [1.82, 2.24) is 5.32 Å². The number of nitrogens with one attached hydrogen (secondary N) is 1. The molecule has 19 heavy (non-hydrogen) atoms. The van der Waals surface area contributed by atoms with Gasteiger partial charge in [-0.15, -0.1) is 0 Å². The van der Waals surface area contributed by atoms with E-state index in [1.54, 1.807) is 12.1 Å². The molecule has 1 saturated heterocycles. The minimum atomic E-state index is -0.562. The Balaban J connectivity index is 2.02. The molecule has 1 unspecified atom stereocenters. The van der Waals surface area contributed by atoms with E-state index in [-0.39, 0.29) is 11.3 Å². The molecule has 1 aromatic carbocycles. The van der Waals surface area contributed by atoms with Gasteiger partial charge in [0.2, 0.25) is 0 Å². The molecule has 2 rings (SSSR count). The van der Waals surface area contributed by atoms with E-state index in [0.717, 1.165) is 25.9 Å². The summed E-state index contributed by atoms with van der Waals surface area (Å²) in [5, 5.41) is 22.9. The second-order valence-electron chi connectivity index (χ2n) is 4.57. The van der Waals surface area contributed by atoms with Gasteiger partial charge >= 0.3 is 0 Å². The van der Waals surface area contributed by atoms with Gasteiger partial charge in [0, 0.05) is 12.5 Å². The minimum absolute atomic E-state index is 0.0525. The highest BCUT2D eigenvalue weighted by molar-refractivity contribution is 5.52. The number of benzene rings is 1. The van der Waals surface area contributed by atoms with Crippen LogP contribution in [0.15, 0.2) is 18.2 Å². The molecule has 0 radical (unpaired) electrons. The fourth-order valence-corrected chi connectivity index (χ4v) is 2.13. The van der Waals surface area contributed by atoms with Crippen molar-refractivity contribution in [3.8, 4) is 11.8 Å². The third kappa shape index (κ3) is 3.42. The standard InChI is InChI=1S/C13H15N3O3/c14-7-11-3-4-12(6-13(11)16(17)18)19-9-10-2-1-5-15-8-10/h3-4,6,10,15H,1-2,5,8-9H2. The third-order valence-corrected chi connectivity index (χ3v) is 3.17. The number of nitrogens with zero attached hydrogens (tertiary/aromatic N) is 2. The van der Waals surface area contributed by atoms with E-state index in [2.05, 4.69) is 5.32 Å². The van der Waals surface area contributed by atoms with Gasteiger partial charge in [-0.3, -0.25) is 10.1 Å². The zero-order valence-electron chi connectivity index (χ0n) is 10.5. The average Bonchev–Trinajstić information content (AvgIpc) is 2.46. The Labute approximate surface area is 111 Å². The van der Waals surface area contributed by atoms with Crippen molar-refractivity contribution in [3.05, 3.63) is 33.9 Å². The number of nitro benzene ring substituents is 1. The number of hydrogen-bond donors (Lipinski definition) is 1. The molecule has 0 saturated carbocycles. The fraction of sp³-hybridized carbons (Fsp3) is 0.462. The lowest BCUT2D eigenvalue weighted by atomic mass is 10.0. The summed E-state index contributed by atoms with van der Waals surface area (Å²) in [4.78, 5) is 10.3. The van der Waals surface area contributed by atoms with Gasteiger partial charge in [-0.1, -0.05) is 0 Å². The number of piperidine rings is 1. The van der Waals surface area contributed by atoms with Gasteiger partial charge in [0.05, 0.1) is 17.6 Å². The lowest BCUT2D eigenvalue weighted by Gasteiger charge is -2.22. The van der Waals surface area contributed by atoms with E-state index in [4.69, 9.17) is 10.00 Å². The van der Waals surface area contributed by atoms with Crippen LogP contribution in [0.25, 0.3) is 0 Å². The number of rotatable bonds is 4. The Morgan fingerprint density at radius 3 is 3.05 bits per heavy atom. The molecule has 6 heteroatoms. The van der Waals surface area contributed by atoms with E-state index < -0.39 is 4.92 Å². The topological polar surface area (TPSA) is 88.2 Å².